The van der Waals surface area contributed by atoms with Gasteiger partial charge in [0, 0.05) is 11.8 Å². The quantitative estimate of drug-likeness (QED) is 0.0719. The van der Waals surface area contributed by atoms with Crippen LogP contribution < -0.4 is 15.3 Å². The van der Waals surface area contributed by atoms with E-state index in [-0.39, 0.29) is 36.3 Å². The molecule has 5 atom stereocenters. The Kier molecular flexibility index (Phi) is 10.3. The average molecular weight is 729 g/mol. The molecule has 7 rings (SSSR count). The van der Waals surface area contributed by atoms with E-state index < -0.39 is 44.8 Å². The number of fused-ring (bicyclic) bond motifs is 2. The Balaban J connectivity index is 1.22. The molecule has 13 nitrogen and oxygen atoms in total. The average Bonchev–Trinajstić information content (AvgIpc) is 3.75. The number of aliphatic hydroxyl groups excluding tert-OH is 1. The smallest absolute Gasteiger partial charge is 0.459 e. The minimum absolute atomic E-state index is 0.00363. The molecule has 1 aliphatic rings. The molecule has 0 spiro atoms. The number of nitrogens with one attached hydrogen (secondary N) is 1. The van der Waals surface area contributed by atoms with E-state index in [0.29, 0.717) is 16.6 Å². The summed E-state index contributed by atoms with van der Waals surface area (Å²) >= 11 is 6.09. The maximum absolute atomic E-state index is 15.1. The van der Waals surface area contributed by atoms with E-state index in [1.165, 1.54) is 6.33 Å². The van der Waals surface area contributed by atoms with Gasteiger partial charge in [0.1, 0.15) is 42.4 Å². The summed E-state index contributed by atoms with van der Waals surface area (Å²) in [5.41, 5.74) is 8.21. The summed E-state index contributed by atoms with van der Waals surface area (Å²) in [5.74, 6) is -0.307. The van der Waals surface area contributed by atoms with Crippen molar-refractivity contribution >= 4 is 53.1 Å². The zero-order chi connectivity index (χ0) is 35.4. The van der Waals surface area contributed by atoms with Crippen LogP contribution in [-0.4, -0.2) is 55.5 Å². The summed E-state index contributed by atoms with van der Waals surface area (Å²) in [4.78, 5) is 26.3. The molecule has 3 heterocycles. The van der Waals surface area contributed by atoms with Crippen LogP contribution in [0.1, 0.15) is 23.8 Å². The number of aromatic nitrogens is 4. The third kappa shape index (κ3) is 7.89. The van der Waals surface area contributed by atoms with Gasteiger partial charge in [-0.3, -0.25) is 13.9 Å². The Morgan fingerprint density at radius 1 is 1.00 bits per heavy atom. The first-order chi connectivity index (χ1) is 24.8. The second kappa shape index (κ2) is 15.2. The number of esters is 1. The molecule has 0 saturated carbocycles. The number of aliphatic hydroxyl groups is 1. The van der Waals surface area contributed by atoms with Gasteiger partial charge < -0.3 is 24.8 Å². The molecule has 1 saturated heterocycles. The molecule has 1 unspecified atom stereocenters. The number of anilines is 1. The number of carbonyl (C=O) groups excluding carboxylic acids is 1. The highest BCUT2D eigenvalue weighted by atomic mass is 35.5. The van der Waals surface area contributed by atoms with Crippen molar-refractivity contribution in [2.45, 2.75) is 43.9 Å². The standard InChI is InChI=1S/C36H34ClN6O7P/c37-36-40-33(38)32-34(41-36)43(22-39-32)31-19-29(30(20-44)48-31)50-51(46,49-28-17-9-15-25-14-7-8-16-26(25)28)42-27(18-23-10-3-1-4-11-23)35(45)47-21-24-12-5-2-6-13-24/h1-17,22,27,29-31,44H,18-21H2,(H,42,46)(H2,38,40,41)/t27-,29+,30+,31+,51?/m0/s1. The lowest BCUT2D eigenvalue weighted by molar-refractivity contribution is -0.147. The molecule has 4 aromatic carbocycles. The minimum atomic E-state index is -4.49. The first-order valence-electron chi connectivity index (χ1n) is 16.2. The van der Waals surface area contributed by atoms with E-state index in [1.807, 2.05) is 91.0 Å². The fourth-order valence-corrected chi connectivity index (χ4v) is 7.88. The fraction of sp³-hybridized carbons (Fsp3) is 0.222. The fourth-order valence-electron chi connectivity index (χ4n) is 5.98. The second-order valence-corrected chi connectivity index (χ2v) is 13.9. The number of benzene rings is 4. The number of rotatable bonds is 13. The molecule has 0 radical (unpaired) electrons. The number of hydrogen-bond acceptors (Lipinski definition) is 11. The topological polar surface area (TPSA) is 173 Å². The third-order valence-electron chi connectivity index (χ3n) is 8.44. The lowest BCUT2D eigenvalue weighted by Crippen LogP contribution is -2.41. The molecule has 262 valence electrons. The molecule has 0 aliphatic carbocycles. The number of nitrogens with two attached hydrogens (primary N) is 1. The number of halogens is 1. The van der Waals surface area contributed by atoms with Gasteiger partial charge in [0.05, 0.1) is 12.9 Å². The van der Waals surface area contributed by atoms with Crippen LogP contribution in [0.2, 0.25) is 5.28 Å². The predicted octanol–water partition coefficient (Wildman–Crippen LogP) is 6.01. The molecule has 4 N–H and O–H groups in total. The zero-order valence-corrected chi connectivity index (χ0v) is 28.8. The first kappa shape index (κ1) is 34.6. The van der Waals surface area contributed by atoms with Crippen molar-refractivity contribution in [2.75, 3.05) is 12.3 Å². The number of nitrogen functional groups attached to an aromatic ring is 1. The molecule has 0 bridgehead atoms. The summed E-state index contributed by atoms with van der Waals surface area (Å²) in [6.07, 6.45) is -1.05. The maximum Gasteiger partial charge on any atom is 0.459 e. The number of carbonyl (C=O) groups is 1. The first-order valence-corrected chi connectivity index (χ1v) is 18.1. The highest BCUT2D eigenvalue weighted by Crippen LogP contribution is 2.51. The summed E-state index contributed by atoms with van der Waals surface area (Å²) in [7, 11) is -4.49. The van der Waals surface area contributed by atoms with Crippen LogP contribution in [0.3, 0.4) is 0 Å². The highest BCUT2D eigenvalue weighted by Gasteiger charge is 2.45. The van der Waals surface area contributed by atoms with E-state index in [2.05, 4.69) is 20.0 Å². The Hall–Kier alpha value is -4.88. The van der Waals surface area contributed by atoms with Gasteiger partial charge in [-0.25, -0.2) is 9.55 Å². The van der Waals surface area contributed by atoms with Crippen LogP contribution in [-0.2, 0) is 36.4 Å². The number of nitrogens with zero attached hydrogens (tertiary/aromatic N) is 4. The number of hydrogen-bond donors (Lipinski definition) is 3. The van der Waals surface area contributed by atoms with Crippen LogP contribution >= 0.6 is 19.3 Å². The van der Waals surface area contributed by atoms with Gasteiger partial charge in [0.15, 0.2) is 11.5 Å². The van der Waals surface area contributed by atoms with Gasteiger partial charge in [0.25, 0.3) is 0 Å². The normalized spacial score (nSPS) is 19.1. The van der Waals surface area contributed by atoms with E-state index in [4.69, 9.17) is 35.9 Å². The molecular weight excluding hydrogens is 695 g/mol. The Morgan fingerprint density at radius 2 is 1.71 bits per heavy atom. The Bertz CT molecular complexity index is 2190. The highest BCUT2D eigenvalue weighted by molar-refractivity contribution is 7.52. The monoisotopic (exact) mass is 728 g/mol. The summed E-state index contributed by atoms with van der Waals surface area (Å²) in [6.45, 7) is -0.476. The van der Waals surface area contributed by atoms with Gasteiger partial charge in [-0.05, 0) is 40.6 Å². The van der Waals surface area contributed by atoms with Crippen molar-refractivity contribution in [1.29, 1.82) is 0 Å². The lowest BCUT2D eigenvalue weighted by atomic mass is 10.1. The SMILES string of the molecule is Nc1nc(Cl)nc2c1ncn2[C@H]1C[C@@H](OP(=O)(N[C@@H](Cc2ccccc2)C(=O)OCc2ccccc2)Oc2cccc3ccccc23)[C@@H](CO)O1. The molecule has 51 heavy (non-hydrogen) atoms. The van der Waals surface area contributed by atoms with E-state index in [1.54, 1.807) is 16.7 Å². The van der Waals surface area contributed by atoms with E-state index in [0.717, 1.165) is 16.5 Å². The van der Waals surface area contributed by atoms with Crippen LogP contribution in [0.15, 0.2) is 109 Å². The Morgan fingerprint density at radius 3 is 2.47 bits per heavy atom. The lowest BCUT2D eigenvalue weighted by Gasteiger charge is -2.28. The van der Waals surface area contributed by atoms with E-state index in [9.17, 15) is 9.90 Å². The van der Waals surface area contributed by atoms with Gasteiger partial charge >= 0.3 is 13.7 Å². The zero-order valence-electron chi connectivity index (χ0n) is 27.1. The molecule has 6 aromatic rings. The van der Waals surface area contributed by atoms with Gasteiger partial charge in [-0.15, -0.1) is 0 Å². The summed E-state index contributed by atoms with van der Waals surface area (Å²) in [5, 5.41) is 14.8. The van der Waals surface area contributed by atoms with Crippen molar-refractivity contribution < 1.29 is 33.0 Å². The molecule has 0 amide bonds. The van der Waals surface area contributed by atoms with Crippen LogP contribution in [0.25, 0.3) is 21.9 Å². The Labute approximate surface area is 297 Å². The van der Waals surface area contributed by atoms with Crippen molar-refractivity contribution in [2.24, 2.45) is 0 Å². The summed E-state index contributed by atoms with van der Waals surface area (Å²) < 4.78 is 41.2. The third-order valence-corrected chi connectivity index (χ3v) is 10.2. The van der Waals surface area contributed by atoms with Crippen molar-refractivity contribution in [3.05, 3.63) is 126 Å². The molecule has 1 fully saturated rings. The maximum atomic E-state index is 15.1. The largest absolute Gasteiger partial charge is 0.460 e. The molecular formula is C36H34ClN6O7P. The van der Waals surface area contributed by atoms with Crippen molar-refractivity contribution in [3.63, 3.8) is 0 Å². The van der Waals surface area contributed by atoms with Gasteiger partial charge in [0.2, 0.25) is 5.28 Å². The van der Waals surface area contributed by atoms with Gasteiger partial charge in [-0.2, -0.15) is 15.1 Å². The van der Waals surface area contributed by atoms with Crippen molar-refractivity contribution in [3.8, 4) is 5.75 Å². The predicted molar refractivity (Wildman–Crippen MR) is 191 cm³/mol. The van der Waals surface area contributed by atoms with Gasteiger partial charge in [-0.1, -0.05) is 97.1 Å². The van der Waals surface area contributed by atoms with E-state index >= 15 is 4.57 Å². The second-order valence-electron chi connectivity index (χ2n) is 11.9. The summed E-state index contributed by atoms with van der Waals surface area (Å²) in [6, 6.07) is 30.1. The number of imidazole rings is 1. The molecule has 15 heteroatoms. The molecule has 2 aromatic heterocycles. The van der Waals surface area contributed by atoms with Crippen molar-refractivity contribution in [1.82, 2.24) is 24.6 Å². The molecule has 1 aliphatic heterocycles. The van der Waals surface area contributed by atoms with Crippen LogP contribution in [0, 0.1) is 0 Å². The minimum Gasteiger partial charge on any atom is -0.460 e. The van der Waals surface area contributed by atoms with Crippen LogP contribution in [0.4, 0.5) is 5.82 Å². The number of ether oxygens (including phenoxy) is 2. The van der Waals surface area contributed by atoms with Crippen LogP contribution in [0.5, 0.6) is 5.75 Å².